The molecule has 6 heteroatoms. The molecule has 1 N–H and O–H groups in total. The molecular weight excluding hydrogens is 538 g/mol. The molecular formula is C37H75NO5. The van der Waals surface area contributed by atoms with Gasteiger partial charge in [-0.05, 0) is 19.3 Å². The standard InChI is InChI=1S/C37H75NO5/c1-4-6-8-10-12-14-15-16-17-18-19-20-21-23-25-27-31-43-36(28-29-38-37(39)35-42-33-32-40-3)34-41-30-26-24-22-13-11-9-7-5-2/h36H,4-35H2,1-3H3,(H,38,39). The lowest BCUT2D eigenvalue weighted by Crippen LogP contribution is -2.32. The Labute approximate surface area is 268 Å². The van der Waals surface area contributed by atoms with Crippen LogP contribution in [0.3, 0.4) is 0 Å². The fraction of sp³-hybridized carbons (Fsp3) is 0.973. The van der Waals surface area contributed by atoms with Crippen molar-refractivity contribution in [2.75, 3.05) is 53.3 Å². The average molecular weight is 614 g/mol. The minimum absolute atomic E-state index is 0.0279. The number of nitrogens with one attached hydrogen (secondary N) is 1. The first kappa shape index (κ1) is 42.3. The number of hydrogen-bond acceptors (Lipinski definition) is 5. The lowest BCUT2D eigenvalue weighted by Gasteiger charge is -2.19. The largest absolute Gasteiger partial charge is 0.382 e. The SMILES string of the molecule is CCCCCCCCCCCCCCCCCCOC(CCNC(=O)COCCOC)COCCCCCCCCCC. The average Bonchev–Trinajstić information content (AvgIpc) is 3.01. The van der Waals surface area contributed by atoms with Crippen LogP contribution in [0.4, 0.5) is 0 Å². The summed E-state index contributed by atoms with van der Waals surface area (Å²) in [6.07, 6.45) is 33.2. The topological polar surface area (TPSA) is 66.0 Å². The van der Waals surface area contributed by atoms with Crippen molar-refractivity contribution >= 4 is 5.91 Å². The second-order valence-corrected chi connectivity index (χ2v) is 12.5. The molecule has 0 spiro atoms. The van der Waals surface area contributed by atoms with E-state index in [4.69, 9.17) is 18.9 Å². The van der Waals surface area contributed by atoms with E-state index in [0.717, 1.165) is 32.5 Å². The molecule has 258 valence electrons. The Balaban J connectivity index is 3.88. The zero-order valence-corrected chi connectivity index (χ0v) is 29.2. The number of hydrogen-bond donors (Lipinski definition) is 1. The second kappa shape index (κ2) is 37.5. The van der Waals surface area contributed by atoms with E-state index < -0.39 is 0 Å². The maximum absolute atomic E-state index is 12.0. The van der Waals surface area contributed by atoms with Gasteiger partial charge in [-0.25, -0.2) is 0 Å². The molecule has 1 atom stereocenters. The van der Waals surface area contributed by atoms with Gasteiger partial charge in [-0.1, -0.05) is 155 Å². The van der Waals surface area contributed by atoms with Crippen LogP contribution in [0.25, 0.3) is 0 Å². The van der Waals surface area contributed by atoms with Gasteiger partial charge in [0.05, 0.1) is 25.9 Å². The molecule has 0 aliphatic rings. The Bertz CT molecular complexity index is 533. The van der Waals surface area contributed by atoms with Crippen LogP contribution in [0, 0.1) is 0 Å². The van der Waals surface area contributed by atoms with Gasteiger partial charge >= 0.3 is 0 Å². The fourth-order valence-corrected chi connectivity index (χ4v) is 5.40. The molecule has 0 saturated heterocycles. The number of ether oxygens (including phenoxy) is 4. The molecule has 6 nitrogen and oxygen atoms in total. The van der Waals surface area contributed by atoms with Gasteiger partial charge in [0.2, 0.25) is 5.91 Å². The predicted molar refractivity (Wildman–Crippen MR) is 183 cm³/mol. The smallest absolute Gasteiger partial charge is 0.246 e. The molecule has 0 aliphatic heterocycles. The van der Waals surface area contributed by atoms with Gasteiger partial charge in [0.25, 0.3) is 0 Å². The third-order valence-electron chi connectivity index (χ3n) is 8.25. The normalized spacial score (nSPS) is 12.2. The van der Waals surface area contributed by atoms with Crippen molar-refractivity contribution in [1.29, 1.82) is 0 Å². The van der Waals surface area contributed by atoms with Crippen molar-refractivity contribution < 1.29 is 23.7 Å². The molecule has 43 heavy (non-hydrogen) atoms. The Morgan fingerprint density at radius 2 is 0.977 bits per heavy atom. The number of carbonyl (C=O) groups excluding carboxylic acids is 1. The third kappa shape index (κ3) is 35.7. The molecule has 0 radical (unpaired) electrons. The van der Waals surface area contributed by atoms with Crippen LogP contribution in [-0.2, 0) is 23.7 Å². The number of methoxy groups -OCH3 is 1. The van der Waals surface area contributed by atoms with Crippen LogP contribution in [0.15, 0.2) is 0 Å². The summed E-state index contributed by atoms with van der Waals surface area (Å²) in [6.45, 7) is 8.32. The minimum Gasteiger partial charge on any atom is -0.382 e. The predicted octanol–water partition coefficient (Wildman–Crippen LogP) is 9.96. The molecule has 0 aromatic carbocycles. The van der Waals surface area contributed by atoms with E-state index in [2.05, 4.69) is 19.2 Å². The Morgan fingerprint density at radius 3 is 1.44 bits per heavy atom. The van der Waals surface area contributed by atoms with E-state index in [1.54, 1.807) is 7.11 Å². The van der Waals surface area contributed by atoms with Crippen molar-refractivity contribution in [2.45, 2.75) is 180 Å². The van der Waals surface area contributed by atoms with E-state index in [0.29, 0.717) is 26.4 Å². The lowest BCUT2D eigenvalue weighted by molar-refractivity contribution is -0.126. The first-order chi connectivity index (χ1) is 21.2. The van der Waals surface area contributed by atoms with E-state index in [1.165, 1.54) is 141 Å². The van der Waals surface area contributed by atoms with Gasteiger partial charge in [-0.15, -0.1) is 0 Å². The fourth-order valence-electron chi connectivity index (χ4n) is 5.40. The summed E-state index contributed by atoms with van der Waals surface area (Å²) in [6, 6.07) is 0. The van der Waals surface area contributed by atoms with E-state index in [-0.39, 0.29) is 18.6 Å². The van der Waals surface area contributed by atoms with Crippen molar-refractivity contribution in [3.63, 3.8) is 0 Å². The van der Waals surface area contributed by atoms with Crippen LogP contribution >= 0.6 is 0 Å². The van der Waals surface area contributed by atoms with Crippen molar-refractivity contribution in [3.8, 4) is 0 Å². The van der Waals surface area contributed by atoms with Gasteiger partial charge in [-0.2, -0.15) is 0 Å². The highest BCUT2D eigenvalue weighted by Gasteiger charge is 2.11. The van der Waals surface area contributed by atoms with Gasteiger partial charge in [-0.3, -0.25) is 4.79 Å². The summed E-state index contributed by atoms with van der Waals surface area (Å²) in [5, 5.41) is 2.95. The molecule has 0 aromatic heterocycles. The second-order valence-electron chi connectivity index (χ2n) is 12.5. The zero-order chi connectivity index (χ0) is 31.3. The summed E-state index contributed by atoms with van der Waals surface area (Å²) < 4.78 is 22.5. The zero-order valence-electron chi connectivity index (χ0n) is 29.2. The first-order valence-electron chi connectivity index (χ1n) is 18.8. The van der Waals surface area contributed by atoms with Crippen LogP contribution in [0.2, 0.25) is 0 Å². The molecule has 0 fully saturated rings. The maximum atomic E-state index is 12.0. The van der Waals surface area contributed by atoms with Gasteiger partial charge in [0.15, 0.2) is 0 Å². The molecule has 0 saturated carbocycles. The van der Waals surface area contributed by atoms with Crippen LogP contribution in [0.1, 0.15) is 174 Å². The van der Waals surface area contributed by atoms with Gasteiger partial charge in [0, 0.05) is 26.9 Å². The molecule has 0 aromatic rings. The Hall–Kier alpha value is -0.690. The van der Waals surface area contributed by atoms with Crippen molar-refractivity contribution in [2.24, 2.45) is 0 Å². The summed E-state index contributed by atoms with van der Waals surface area (Å²) >= 11 is 0. The summed E-state index contributed by atoms with van der Waals surface area (Å²) in [4.78, 5) is 12.0. The maximum Gasteiger partial charge on any atom is 0.246 e. The highest BCUT2D eigenvalue weighted by atomic mass is 16.5. The molecule has 0 heterocycles. The molecule has 0 bridgehead atoms. The summed E-state index contributed by atoms with van der Waals surface area (Å²) in [7, 11) is 1.63. The van der Waals surface area contributed by atoms with E-state index in [1.807, 2.05) is 0 Å². The highest BCUT2D eigenvalue weighted by molar-refractivity contribution is 5.77. The number of rotatable bonds is 37. The summed E-state index contributed by atoms with van der Waals surface area (Å²) in [5.41, 5.74) is 0. The lowest BCUT2D eigenvalue weighted by atomic mass is 10.0. The van der Waals surface area contributed by atoms with Crippen LogP contribution in [0.5, 0.6) is 0 Å². The summed E-state index contributed by atoms with van der Waals surface area (Å²) in [5.74, 6) is -0.0903. The molecule has 1 amide bonds. The van der Waals surface area contributed by atoms with Crippen molar-refractivity contribution in [1.82, 2.24) is 5.32 Å². The number of amides is 1. The Kier molecular flexibility index (Phi) is 36.9. The van der Waals surface area contributed by atoms with Crippen LogP contribution < -0.4 is 5.32 Å². The number of unbranched alkanes of at least 4 members (excludes halogenated alkanes) is 22. The molecule has 0 aliphatic carbocycles. The molecule has 0 rings (SSSR count). The Morgan fingerprint density at radius 1 is 0.535 bits per heavy atom. The van der Waals surface area contributed by atoms with Gasteiger partial charge in [0.1, 0.15) is 6.61 Å². The van der Waals surface area contributed by atoms with Crippen molar-refractivity contribution in [3.05, 3.63) is 0 Å². The monoisotopic (exact) mass is 614 g/mol. The minimum atomic E-state index is -0.0903. The number of carbonyl (C=O) groups is 1. The van der Waals surface area contributed by atoms with E-state index >= 15 is 0 Å². The molecule has 1 unspecified atom stereocenters. The van der Waals surface area contributed by atoms with Gasteiger partial charge < -0.3 is 24.3 Å². The highest BCUT2D eigenvalue weighted by Crippen LogP contribution is 2.14. The van der Waals surface area contributed by atoms with Crippen LogP contribution in [-0.4, -0.2) is 65.3 Å². The third-order valence-corrected chi connectivity index (χ3v) is 8.25. The first-order valence-corrected chi connectivity index (χ1v) is 18.8. The van der Waals surface area contributed by atoms with E-state index in [9.17, 15) is 4.79 Å². The quantitative estimate of drug-likeness (QED) is 0.0706.